The molecule has 1 aromatic rings. The van der Waals surface area contributed by atoms with E-state index in [1.807, 2.05) is 25.7 Å². The van der Waals surface area contributed by atoms with Crippen LogP contribution in [0.4, 0.5) is 5.95 Å². The van der Waals surface area contributed by atoms with Crippen LogP contribution in [0.2, 0.25) is 0 Å². The number of nitrogens with zero attached hydrogens (tertiary/aromatic N) is 3. The van der Waals surface area contributed by atoms with E-state index in [0.717, 1.165) is 19.4 Å². The maximum atomic E-state index is 12.4. The van der Waals surface area contributed by atoms with Crippen molar-refractivity contribution in [3.8, 4) is 11.8 Å². The van der Waals surface area contributed by atoms with Crippen LogP contribution in [-0.4, -0.2) is 48.7 Å². The summed E-state index contributed by atoms with van der Waals surface area (Å²) >= 11 is 0. The Morgan fingerprint density at radius 2 is 1.87 bits per heavy atom. The first-order chi connectivity index (χ1) is 10.8. The zero-order valence-electron chi connectivity index (χ0n) is 14.5. The maximum absolute atomic E-state index is 12.4. The van der Waals surface area contributed by atoms with E-state index >= 15 is 0 Å². The molecule has 1 aliphatic rings. The molecule has 1 atom stereocenters. The average molecular weight is 322 g/mol. The molecule has 1 aromatic heterocycles. The van der Waals surface area contributed by atoms with Crippen molar-refractivity contribution < 1.29 is 14.3 Å². The van der Waals surface area contributed by atoms with E-state index in [0.29, 0.717) is 24.3 Å². The van der Waals surface area contributed by atoms with Gasteiger partial charge in [0.25, 0.3) is 0 Å². The molecule has 1 aliphatic heterocycles. The lowest BCUT2D eigenvalue weighted by Crippen LogP contribution is -2.49. The van der Waals surface area contributed by atoms with Gasteiger partial charge in [-0.3, -0.25) is 4.79 Å². The number of hydrogen-bond donors (Lipinski definition) is 1. The highest BCUT2D eigenvalue weighted by Crippen LogP contribution is 2.25. The van der Waals surface area contributed by atoms with Crippen LogP contribution in [0.1, 0.15) is 33.6 Å². The summed E-state index contributed by atoms with van der Waals surface area (Å²) in [5.74, 6) is 1.46. The second kappa shape index (κ2) is 7.02. The molecule has 0 spiro atoms. The zero-order chi connectivity index (χ0) is 17.0. The molecule has 7 heteroatoms. The highest BCUT2D eigenvalue weighted by atomic mass is 16.5. The number of nitrogens with one attached hydrogen (secondary N) is 1. The largest absolute Gasteiger partial charge is 0.481 e. The Labute approximate surface area is 137 Å². The minimum atomic E-state index is -0.227. The van der Waals surface area contributed by atoms with E-state index in [9.17, 15) is 4.79 Å². The molecule has 7 nitrogen and oxygen atoms in total. The number of piperidine rings is 1. The fourth-order valence-electron chi connectivity index (χ4n) is 2.59. The molecule has 2 rings (SSSR count). The Kier molecular flexibility index (Phi) is 5.28. The summed E-state index contributed by atoms with van der Waals surface area (Å²) in [6, 6.07) is 1.64. The molecule has 2 heterocycles. The van der Waals surface area contributed by atoms with E-state index in [4.69, 9.17) is 9.47 Å². The van der Waals surface area contributed by atoms with Crippen molar-refractivity contribution in [2.24, 2.45) is 5.92 Å². The quantitative estimate of drug-likeness (QED) is 0.908. The van der Waals surface area contributed by atoms with E-state index in [1.165, 1.54) is 0 Å². The summed E-state index contributed by atoms with van der Waals surface area (Å²) in [7, 11) is 3.11. The topological polar surface area (TPSA) is 76.6 Å². The number of rotatable bonds is 4. The monoisotopic (exact) mass is 322 g/mol. The molecule has 1 fully saturated rings. The molecule has 0 aliphatic carbocycles. The molecule has 0 aromatic carbocycles. The van der Waals surface area contributed by atoms with Gasteiger partial charge >= 0.3 is 0 Å². The second-order valence-electron chi connectivity index (χ2n) is 6.78. The lowest BCUT2D eigenvalue weighted by atomic mass is 9.96. The molecule has 0 saturated carbocycles. The van der Waals surface area contributed by atoms with Gasteiger partial charge in [-0.2, -0.15) is 9.97 Å². The zero-order valence-corrected chi connectivity index (χ0v) is 14.5. The maximum Gasteiger partial charge on any atom is 0.231 e. The van der Waals surface area contributed by atoms with Gasteiger partial charge in [-0.1, -0.05) is 0 Å². The molecular formula is C16H26N4O3. The van der Waals surface area contributed by atoms with Crippen LogP contribution in [0.3, 0.4) is 0 Å². The minimum absolute atomic E-state index is 0.0660. The van der Waals surface area contributed by atoms with Crippen molar-refractivity contribution in [3.63, 3.8) is 0 Å². The number of hydrogen-bond acceptors (Lipinski definition) is 6. The predicted octanol–water partition coefficient (Wildman–Crippen LogP) is 1.62. The van der Waals surface area contributed by atoms with Crippen molar-refractivity contribution in [1.82, 2.24) is 15.3 Å². The second-order valence-corrected chi connectivity index (χ2v) is 6.78. The van der Waals surface area contributed by atoms with Gasteiger partial charge < -0.3 is 19.7 Å². The van der Waals surface area contributed by atoms with Crippen molar-refractivity contribution in [2.75, 3.05) is 32.2 Å². The normalized spacial score (nSPS) is 18.5. The van der Waals surface area contributed by atoms with Gasteiger partial charge in [0.2, 0.25) is 23.6 Å². The summed E-state index contributed by atoms with van der Waals surface area (Å²) in [6.45, 7) is 7.37. The van der Waals surface area contributed by atoms with Gasteiger partial charge in [0, 0.05) is 18.6 Å². The first kappa shape index (κ1) is 17.3. The first-order valence-electron chi connectivity index (χ1n) is 7.86. The fourth-order valence-corrected chi connectivity index (χ4v) is 2.59. The van der Waals surface area contributed by atoms with E-state index in [1.54, 1.807) is 20.3 Å². The number of ether oxygens (including phenoxy) is 2. The van der Waals surface area contributed by atoms with Crippen molar-refractivity contribution in [1.29, 1.82) is 0 Å². The van der Waals surface area contributed by atoms with E-state index < -0.39 is 0 Å². The molecular weight excluding hydrogens is 296 g/mol. The van der Waals surface area contributed by atoms with Crippen molar-refractivity contribution in [2.45, 2.75) is 39.2 Å². The number of methoxy groups -OCH3 is 2. The summed E-state index contributed by atoms with van der Waals surface area (Å²) in [4.78, 5) is 23.2. The summed E-state index contributed by atoms with van der Waals surface area (Å²) in [6.07, 6.45) is 1.80. The smallest absolute Gasteiger partial charge is 0.231 e. The lowest BCUT2D eigenvalue weighted by molar-refractivity contribution is -0.126. The van der Waals surface area contributed by atoms with Gasteiger partial charge in [-0.05, 0) is 33.6 Å². The highest BCUT2D eigenvalue weighted by molar-refractivity contribution is 5.80. The molecule has 0 radical (unpaired) electrons. The molecule has 1 amide bonds. The number of carbonyl (C=O) groups excluding carboxylic acids is 1. The van der Waals surface area contributed by atoms with Crippen LogP contribution in [-0.2, 0) is 4.79 Å². The Balaban J connectivity index is 2.13. The molecule has 1 unspecified atom stereocenters. The Morgan fingerprint density at radius 1 is 1.26 bits per heavy atom. The van der Waals surface area contributed by atoms with Crippen molar-refractivity contribution in [3.05, 3.63) is 6.07 Å². The third kappa shape index (κ3) is 4.71. The average Bonchev–Trinajstić information content (AvgIpc) is 2.52. The number of carbonyl (C=O) groups is 1. The lowest BCUT2D eigenvalue weighted by Gasteiger charge is -2.33. The van der Waals surface area contributed by atoms with Gasteiger partial charge in [0.05, 0.1) is 26.2 Å². The third-order valence-electron chi connectivity index (χ3n) is 3.66. The Morgan fingerprint density at radius 3 is 2.39 bits per heavy atom. The Hall–Kier alpha value is -2.05. The van der Waals surface area contributed by atoms with Crippen LogP contribution in [0.25, 0.3) is 0 Å². The van der Waals surface area contributed by atoms with E-state index in [-0.39, 0.29) is 17.4 Å². The first-order valence-corrected chi connectivity index (χ1v) is 7.86. The molecule has 1 saturated heterocycles. The van der Waals surface area contributed by atoms with Crippen LogP contribution in [0.15, 0.2) is 6.07 Å². The fraction of sp³-hybridized carbons (Fsp3) is 0.688. The van der Waals surface area contributed by atoms with Crippen LogP contribution in [0, 0.1) is 5.92 Å². The van der Waals surface area contributed by atoms with Gasteiger partial charge in [-0.15, -0.1) is 0 Å². The number of aromatic nitrogens is 2. The van der Waals surface area contributed by atoms with E-state index in [2.05, 4.69) is 15.3 Å². The summed E-state index contributed by atoms with van der Waals surface area (Å²) in [5, 5.41) is 3.05. The Bertz CT molecular complexity index is 534. The molecule has 1 N–H and O–H groups in total. The summed E-state index contributed by atoms with van der Waals surface area (Å²) < 4.78 is 10.4. The number of amides is 1. The van der Waals surface area contributed by atoms with Crippen LogP contribution >= 0.6 is 0 Å². The molecule has 128 valence electrons. The third-order valence-corrected chi connectivity index (χ3v) is 3.66. The van der Waals surface area contributed by atoms with Crippen LogP contribution < -0.4 is 19.7 Å². The number of anilines is 1. The molecule has 23 heavy (non-hydrogen) atoms. The molecule has 0 bridgehead atoms. The van der Waals surface area contributed by atoms with Gasteiger partial charge in [0.1, 0.15) is 0 Å². The van der Waals surface area contributed by atoms with Crippen molar-refractivity contribution >= 4 is 11.9 Å². The SMILES string of the molecule is COc1cc(OC)nc(N2CCCC(C(=O)NC(C)(C)C)C2)n1. The summed E-state index contributed by atoms with van der Waals surface area (Å²) in [5.41, 5.74) is -0.227. The van der Waals surface area contributed by atoms with Gasteiger partial charge in [0.15, 0.2) is 0 Å². The highest BCUT2D eigenvalue weighted by Gasteiger charge is 2.29. The van der Waals surface area contributed by atoms with Gasteiger partial charge in [-0.25, -0.2) is 0 Å². The standard InChI is InChI=1S/C16H26N4O3/c1-16(2,3)19-14(21)11-7-6-8-20(10-11)15-17-12(22-4)9-13(18-15)23-5/h9,11H,6-8,10H2,1-5H3,(H,19,21). The predicted molar refractivity (Wildman–Crippen MR) is 88.0 cm³/mol. The van der Waals surface area contributed by atoms with Crippen LogP contribution in [0.5, 0.6) is 11.8 Å². The minimum Gasteiger partial charge on any atom is -0.481 e.